The van der Waals surface area contributed by atoms with E-state index in [2.05, 4.69) is 15.6 Å². The van der Waals surface area contributed by atoms with Gasteiger partial charge in [0.25, 0.3) is 5.91 Å². The molecule has 0 unspecified atom stereocenters. The molecular weight excluding hydrogens is 380 g/mol. The summed E-state index contributed by atoms with van der Waals surface area (Å²) < 4.78 is 38.0. The van der Waals surface area contributed by atoms with E-state index in [4.69, 9.17) is 9.47 Å². The van der Waals surface area contributed by atoms with Crippen LogP contribution in [0.15, 0.2) is 54.7 Å². The first kappa shape index (κ1) is 20.1. The fourth-order valence-corrected chi connectivity index (χ4v) is 2.66. The highest BCUT2D eigenvalue weighted by Gasteiger charge is 2.12. The van der Waals surface area contributed by atoms with E-state index in [1.54, 1.807) is 19.2 Å². The van der Waals surface area contributed by atoms with Crippen molar-refractivity contribution < 1.29 is 23.0 Å². The fourth-order valence-electron chi connectivity index (χ4n) is 2.66. The summed E-state index contributed by atoms with van der Waals surface area (Å²) in [5.74, 6) is -0.577. The summed E-state index contributed by atoms with van der Waals surface area (Å²) in [5.41, 5.74) is 0.777. The summed E-state index contributed by atoms with van der Waals surface area (Å²) in [4.78, 5) is 16.5. The van der Waals surface area contributed by atoms with Crippen molar-refractivity contribution in [2.75, 3.05) is 19.5 Å². The highest BCUT2D eigenvalue weighted by molar-refractivity contribution is 5.94. The second-order valence-electron chi connectivity index (χ2n) is 6.02. The van der Waals surface area contributed by atoms with Crippen LogP contribution in [0.1, 0.15) is 15.9 Å². The molecule has 0 bridgehead atoms. The number of ether oxygens (including phenoxy) is 2. The molecule has 0 atom stereocenters. The third kappa shape index (κ3) is 4.78. The second kappa shape index (κ2) is 9.01. The number of para-hydroxylation sites is 1. The molecule has 3 rings (SSSR count). The van der Waals surface area contributed by atoms with Crippen LogP contribution in [0.2, 0.25) is 0 Å². The van der Waals surface area contributed by atoms with Crippen molar-refractivity contribution in [2.24, 2.45) is 0 Å². The minimum atomic E-state index is -0.755. The van der Waals surface area contributed by atoms with Crippen LogP contribution in [0.5, 0.6) is 11.5 Å². The zero-order chi connectivity index (χ0) is 20.8. The number of halogens is 2. The molecule has 0 fully saturated rings. The number of nitrogens with zero attached hydrogens (tertiary/aromatic N) is 1. The average Bonchev–Trinajstić information content (AvgIpc) is 2.74. The van der Waals surface area contributed by atoms with Gasteiger partial charge in [-0.05, 0) is 42.0 Å². The third-order valence-electron chi connectivity index (χ3n) is 4.14. The molecule has 1 aromatic heterocycles. The van der Waals surface area contributed by atoms with E-state index in [1.807, 2.05) is 6.07 Å². The minimum absolute atomic E-state index is 0.146. The minimum Gasteiger partial charge on any atom is -0.493 e. The molecule has 29 heavy (non-hydrogen) atoms. The quantitative estimate of drug-likeness (QED) is 0.627. The van der Waals surface area contributed by atoms with Gasteiger partial charge in [0.2, 0.25) is 0 Å². The standard InChI is InChI=1S/C21H19F2N3O3/c1-28-17-7-6-13(10-18(17)29-2)12-25-21(27)14-8-9-24-19(11-14)26-20-15(22)4-3-5-16(20)23/h3-11H,12H2,1-2H3,(H,24,26)(H,25,27). The SMILES string of the molecule is COc1ccc(CNC(=O)c2ccnc(Nc3c(F)cccc3F)c2)cc1OC. The van der Waals surface area contributed by atoms with Gasteiger partial charge in [-0.3, -0.25) is 4.79 Å². The van der Waals surface area contributed by atoms with Crippen LogP contribution in [-0.2, 0) is 6.54 Å². The topological polar surface area (TPSA) is 72.5 Å². The lowest BCUT2D eigenvalue weighted by molar-refractivity contribution is 0.0951. The van der Waals surface area contributed by atoms with Gasteiger partial charge in [0.15, 0.2) is 11.5 Å². The number of carbonyl (C=O) groups excluding carboxylic acids is 1. The molecule has 8 heteroatoms. The number of nitrogens with one attached hydrogen (secondary N) is 2. The number of methoxy groups -OCH3 is 2. The van der Waals surface area contributed by atoms with Crippen molar-refractivity contribution >= 4 is 17.4 Å². The van der Waals surface area contributed by atoms with E-state index in [-0.39, 0.29) is 24.0 Å². The second-order valence-corrected chi connectivity index (χ2v) is 6.02. The van der Waals surface area contributed by atoms with Crippen LogP contribution in [0.4, 0.5) is 20.3 Å². The summed E-state index contributed by atoms with van der Waals surface area (Å²) in [6, 6.07) is 11.8. The van der Waals surface area contributed by atoms with Gasteiger partial charge in [-0.2, -0.15) is 0 Å². The number of rotatable bonds is 7. The lowest BCUT2D eigenvalue weighted by Gasteiger charge is -2.11. The molecule has 150 valence electrons. The third-order valence-corrected chi connectivity index (χ3v) is 4.14. The molecule has 2 aromatic carbocycles. The molecule has 2 N–H and O–H groups in total. The molecule has 0 aliphatic carbocycles. The van der Waals surface area contributed by atoms with Gasteiger partial charge in [-0.1, -0.05) is 12.1 Å². The van der Waals surface area contributed by atoms with Crippen molar-refractivity contribution in [1.82, 2.24) is 10.3 Å². The maximum Gasteiger partial charge on any atom is 0.251 e. The maximum atomic E-state index is 13.8. The number of pyridine rings is 1. The summed E-state index contributed by atoms with van der Waals surface area (Å²) in [7, 11) is 3.08. The number of carbonyl (C=O) groups is 1. The van der Waals surface area contributed by atoms with Gasteiger partial charge in [0.1, 0.15) is 23.1 Å². The van der Waals surface area contributed by atoms with Gasteiger partial charge >= 0.3 is 0 Å². The van der Waals surface area contributed by atoms with Crippen molar-refractivity contribution in [3.8, 4) is 11.5 Å². The molecular formula is C21H19F2N3O3. The first-order valence-electron chi connectivity index (χ1n) is 8.68. The Labute approximate surface area is 166 Å². The lowest BCUT2D eigenvalue weighted by atomic mass is 10.2. The predicted molar refractivity (Wildman–Crippen MR) is 105 cm³/mol. The average molecular weight is 399 g/mol. The molecule has 0 spiro atoms. The van der Waals surface area contributed by atoms with Gasteiger partial charge in [0, 0.05) is 18.3 Å². The van der Waals surface area contributed by atoms with Crippen LogP contribution in [-0.4, -0.2) is 25.1 Å². The molecule has 1 heterocycles. The van der Waals surface area contributed by atoms with Crippen LogP contribution in [0, 0.1) is 11.6 Å². The van der Waals surface area contributed by atoms with Crippen LogP contribution < -0.4 is 20.1 Å². The van der Waals surface area contributed by atoms with Gasteiger partial charge in [-0.25, -0.2) is 13.8 Å². The monoisotopic (exact) mass is 399 g/mol. The van der Waals surface area contributed by atoms with Gasteiger partial charge in [-0.15, -0.1) is 0 Å². The largest absolute Gasteiger partial charge is 0.493 e. The number of amides is 1. The molecule has 6 nitrogen and oxygen atoms in total. The first-order valence-corrected chi connectivity index (χ1v) is 8.68. The van der Waals surface area contributed by atoms with E-state index >= 15 is 0 Å². The van der Waals surface area contributed by atoms with E-state index < -0.39 is 11.6 Å². The normalized spacial score (nSPS) is 10.3. The van der Waals surface area contributed by atoms with Crippen molar-refractivity contribution in [1.29, 1.82) is 0 Å². The molecule has 3 aromatic rings. The molecule has 1 amide bonds. The molecule has 0 saturated heterocycles. The fraction of sp³-hybridized carbons (Fsp3) is 0.143. The van der Waals surface area contributed by atoms with Crippen molar-refractivity contribution in [3.63, 3.8) is 0 Å². The Bertz CT molecular complexity index is 1010. The molecule has 0 aliphatic heterocycles. The van der Waals surface area contributed by atoms with Crippen LogP contribution in [0.3, 0.4) is 0 Å². The maximum absolute atomic E-state index is 13.8. The zero-order valence-electron chi connectivity index (χ0n) is 15.8. The van der Waals surface area contributed by atoms with Crippen molar-refractivity contribution in [2.45, 2.75) is 6.54 Å². The summed E-state index contributed by atoms with van der Waals surface area (Å²) >= 11 is 0. The number of hydrogen-bond donors (Lipinski definition) is 2. The Balaban J connectivity index is 1.70. The first-order chi connectivity index (χ1) is 14.0. The van der Waals surface area contributed by atoms with E-state index in [0.717, 1.165) is 17.7 Å². The number of aromatic nitrogens is 1. The Morgan fingerprint density at radius 3 is 2.41 bits per heavy atom. The molecule has 0 radical (unpaired) electrons. The Hall–Kier alpha value is -3.68. The summed E-state index contributed by atoms with van der Waals surface area (Å²) in [6.07, 6.45) is 1.38. The number of anilines is 2. The molecule has 0 aliphatic rings. The highest BCUT2D eigenvalue weighted by Crippen LogP contribution is 2.27. The summed E-state index contributed by atoms with van der Waals surface area (Å²) in [6.45, 7) is 0.256. The van der Waals surface area contributed by atoms with Gasteiger partial charge < -0.3 is 20.1 Å². The lowest BCUT2D eigenvalue weighted by Crippen LogP contribution is -2.23. The Morgan fingerprint density at radius 1 is 1.00 bits per heavy atom. The van der Waals surface area contributed by atoms with E-state index in [0.29, 0.717) is 17.1 Å². The zero-order valence-corrected chi connectivity index (χ0v) is 15.8. The number of hydrogen-bond acceptors (Lipinski definition) is 5. The van der Waals surface area contributed by atoms with E-state index in [9.17, 15) is 13.6 Å². The summed E-state index contributed by atoms with van der Waals surface area (Å²) in [5, 5.41) is 5.34. The highest BCUT2D eigenvalue weighted by atomic mass is 19.1. The van der Waals surface area contributed by atoms with E-state index in [1.165, 1.54) is 31.5 Å². The Kier molecular flexibility index (Phi) is 6.23. The molecule has 0 saturated carbocycles. The van der Waals surface area contributed by atoms with Gasteiger partial charge in [0.05, 0.1) is 14.2 Å². The predicted octanol–water partition coefficient (Wildman–Crippen LogP) is 4.05. The smallest absolute Gasteiger partial charge is 0.251 e. The van der Waals surface area contributed by atoms with Crippen LogP contribution in [0.25, 0.3) is 0 Å². The Morgan fingerprint density at radius 2 is 1.72 bits per heavy atom. The van der Waals surface area contributed by atoms with Crippen LogP contribution >= 0.6 is 0 Å². The number of benzene rings is 2. The van der Waals surface area contributed by atoms with Crippen molar-refractivity contribution in [3.05, 3.63) is 77.5 Å².